The van der Waals surface area contributed by atoms with E-state index in [0.29, 0.717) is 15.6 Å². The third-order valence-electron chi connectivity index (χ3n) is 3.65. The Morgan fingerprint density at radius 3 is 2.79 bits per heavy atom. The molecule has 0 aromatic heterocycles. The Kier molecular flexibility index (Phi) is 4.33. The Morgan fingerprint density at radius 2 is 2.16 bits per heavy atom. The molecule has 1 saturated heterocycles. The van der Waals surface area contributed by atoms with E-state index in [0.717, 1.165) is 38.0 Å². The van der Waals surface area contributed by atoms with Crippen LogP contribution in [0.15, 0.2) is 18.2 Å². The zero-order valence-electron chi connectivity index (χ0n) is 11.0. The molecule has 1 aliphatic heterocycles. The van der Waals surface area contributed by atoms with Gasteiger partial charge in [0, 0.05) is 24.3 Å². The average molecular weight is 299 g/mol. The molecule has 0 amide bonds. The molecule has 19 heavy (non-hydrogen) atoms. The number of benzene rings is 1. The van der Waals surface area contributed by atoms with Gasteiger partial charge in [-0.15, -0.1) is 0 Å². The zero-order chi connectivity index (χ0) is 14.0. The first kappa shape index (κ1) is 14.6. The second-order valence-corrected chi connectivity index (χ2v) is 6.21. The summed E-state index contributed by atoms with van der Waals surface area (Å²) >= 11 is 11.1. The molecule has 0 bridgehead atoms. The number of hydrogen-bond donors (Lipinski definition) is 2. The van der Waals surface area contributed by atoms with Crippen molar-refractivity contribution in [3.63, 3.8) is 0 Å². The number of thiocarbonyl (C=S) groups is 1. The van der Waals surface area contributed by atoms with E-state index in [4.69, 9.17) is 29.6 Å². The normalized spacial score (nSPS) is 24.1. The zero-order valence-corrected chi connectivity index (χ0v) is 12.6. The average Bonchev–Trinajstić information content (AvgIpc) is 2.49. The maximum Gasteiger partial charge on any atom is 0.105 e. The van der Waals surface area contributed by atoms with E-state index in [2.05, 4.69) is 4.90 Å². The minimum atomic E-state index is -0.558. The Hall–Kier alpha value is -0.840. The maximum absolute atomic E-state index is 10.1. The van der Waals surface area contributed by atoms with Gasteiger partial charge in [0.1, 0.15) is 4.99 Å². The second kappa shape index (κ2) is 5.65. The van der Waals surface area contributed by atoms with Crippen molar-refractivity contribution < 1.29 is 5.11 Å². The molecule has 1 heterocycles. The molecule has 1 aromatic carbocycles. The van der Waals surface area contributed by atoms with Crippen molar-refractivity contribution in [2.75, 3.05) is 18.0 Å². The lowest BCUT2D eigenvalue weighted by atomic mass is 9.98. The summed E-state index contributed by atoms with van der Waals surface area (Å²) in [6.45, 7) is 3.66. The highest BCUT2D eigenvalue weighted by Crippen LogP contribution is 2.28. The third-order valence-corrected chi connectivity index (χ3v) is 4.18. The van der Waals surface area contributed by atoms with Gasteiger partial charge in [0.05, 0.1) is 10.6 Å². The van der Waals surface area contributed by atoms with E-state index in [1.165, 1.54) is 0 Å². The Bertz CT molecular complexity index is 490. The fourth-order valence-electron chi connectivity index (χ4n) is 2.42. The van der Waals surface area contributed by atoms with Gasteiger partial charge >= 0.3 is 0 Å². The molecule has 1 atom stereocenters. The van der Waals surface area contributed by atoms with Crippen molar-refractivity contribution >= 4 is 34.5 Å². The van der Waals surface area contributed by atoms with Crippen LogP contribution in [0.5, 0.6) is 0 Å². The predicted molar refractivity (Wildman–Crippen MR) is 84.0 cm³/mol. The monoisotopic (exact) mass is 298 g/mol. The summed E-state index contributed by atoms with van der Waals surface area (Å²) in [7, 11) is 0. The summed E-state index contributed by atoms with van der Waals surface area (Å²) in [4.78, 5) is 2.56. The van der Waals surface area contributed by atoms with Gasteiger partial charge in [0.25, 0.3) is 0 Å². The summed E-state index contributed by atoms with van der Waals surface area (Å²) in [5.41, 5.74) is 6.81. The summed E-state index contributed by atoms with van der Waals surface area (Å²) in [5.74, 6) is 0. The first-order chi connectivity index (χ1) is 8.89. The molecule has 0 radical (unpaired) electrons. The first-order valence-corrected chi connectivity index (χ1v) is 7.24. The van der Waals surface area contributed by atoms with Gasteiger partial charge in [-0.1, -0.05) is 23.8 Å². The van der Waals surface area contributed by atoms with Crippen LogP contribution in [0.4, 0.5) is 5.69 Å². The Labute approximate surface area is 124 Å². The van der Waals surface area contributed by atoms with Crippen LogP contribution in [-0.4, -0.2) is 28.8 Å². The quantitative estimate of drug-likeness (QED) is 0.824. The van der Waals surface area contributed by atoms with E-state index < -0.39 is 5.60 Å². The second-order valence-electron chi connectivity index (χ2n) is 5.37. The number of aliphatic hydroxyl groups is 1. The largest absolute Gasteiger partial charge is 0.390 e. The van der Waals surface area contributed by atoms with E-state index in [1.807, 2.05) is 25.1 Å². The molecule has 2 rings (SSSR count). The maximum atomic E-state index is 10.1. The van der Waals surface area contributed by atoms with Gasteiger partial charge in [-0.25, -0.2) is 0 Å². The smallest absolute Gasteiger partial charge is 0.105 e. The van der Waals surface area contributed by atoms with E-state index in [9.17, 15) is 5.11 Å². The molecule has 0 aliphatic carbocycles. The molecule has 1 fully saturated rings. The predicted octanol–water partition coefficient (Wildman–Crippen LogP) is 2.72. The van der Waals surface area contributed by atoms with Gasteiger partial charge in [0.15, 0.2) is 0 Å². The molecule has 0 spiro atoms. The summed E-state index contributed by atoms with van der Waals surface area (Å²) in [6, 6.07) is 5.75. The topological polar surface area (TPSA) is 49.5 Å². The van der Waals surface area contributed by atoms with E-state index >= 15 is 0 Å². The van der Waals surface area contributed by atoms with Crippen LogP contribution in [0.1, 0.15) is 31.7 Å². The summed E-state index contributed by atoms with van der Waals surface area (Å²) < 4.78 is 0. The van der Waals surface area contributed by atoms with Crippen molar-refractivity contribution in [2.45, 2.75) is 31.8 Å². The van der Waals surface area contributed by atoms with Crippen LogP contribution in [0.25, 0.3) is 0 Å². The molecule has 1 aromatic rings. The van der Waals surface area contributed by atoms with E-state index in [1.54, 1.807) is 0 Å². The lowest BCUT2D eigenvalue weighted by Gasteiger charge is -2.24. The van der Waals surface area contributed by atoms with Crippen LogP contribution in [0, 0.1) is 0 Å². The first-order valence-electron chi connectivity index (χ1n) is 6.46. The molecular formula is C14H19ClN2OS. The summed E-state index contributed by atoms with van der Waals surface area (Å²) in [6.07, 6.45) is 2.57. The highest BCUT2D eigenvalue weighted by molar-refractivity contribution is 7.80. The minimum Gasteiger partial charge on any atom is -0.390 e. The molecule has 3 N–H and O–H groups in total. The SMILES string of the molecule is CC1(O)CCCN(c2ccc(C(N)=S)c(Cl)c2)CC1. The van der Waals surface area contributed by atoms with Crippen molar-refractivity contribution in [1.82, 2.24) is 0 Å². The number of anilines is 1. The number of nitrogens with zero attached hydrogens (tertiary/aromatic N) is 1. The van der Waals surface area contributed by atoms with Crippen molar-refractivity contribution in [3.8, 4) is 0 Å². The van der Waals surface area contributed by atoms with Gasteiger partial charge in [0.2, 0.25) is 0 Å². The fraction of sp³-hybridized carbons (Fsp3) is 0.500. The van der Waals surface area contributed by atoms with Gasteiger partial charge < -0.3 is 15.7 Å². The molecule has 3 nitrogen and oxygen atoms in total. The lowest BCUT2D eigenvalue weighted by molar-refractivity contribution is 0.0481. The van der Waals surface area contributed by atoms with E-state index in [-0.39, 0.29) is 0 Å². The van der Waals surface area contributed by atoms with Gasteiger partial charge in [-0.3, -0.25) is 0 Å². The summed E-state index contributed by atoms with van der Waals surface area (Å²) in [5, 5.41) is 10.7. The standard InChI is InChI=1S/C14H19ClN2OS/c1-14(18)5-2-7-17(8-6-14)10-3-4-11(13(16)19)12(15)9-10/h3-4,9,18H,2,5-8H2,1H3,(H2,16,19). The van der Waals surface area contributed by atoms with Crippen molar-refractivity contribution in [3.05, 3.63) is 28.8 Å². The molecule has 5 heteroatoms. The Morgan fingerprint density at radius 1 is 1.42 bits per heavy atom. The molecule has 1 aliphatic rings. The van der Waals surface area contributed by atoms with Crippen LogP contribution >= 0.6 is 23.8 Å². The third kappa shape index (κ3) is 3.59. The van der Waals surface area contributed by atoms with Crippen LogP contribution < -0.4 is 10.6 Å². The van der Waals surface area contributed by atoms with Crippen LogP contribution in [-0.2, 0) is 0 Å². The van der Waals surface area contributed by atoms with Crippen molar-refractivity contribution in [1.29, 1.82) is 0 Å². The number of nitrogens with two attached hydrogens (primary N) is 1. The molecule has 0 saturated carbocycles. The van der Waals surface area contributed by atoms with Gasteiger partial charge in [-0.2, -0.15) is 0 Å². The molecule has 104 valence electrons. The molecule has 1 unspecified atom stereocenters. The lowest BCUT2D eigenvalue weighted by Crippen LogP contribution is -2.28. The molecular weight excluding hydrogens is 280 g/mol. The van der Waals surface area contributed by atoms with Gasteiger partial charge in [-0.05, 0) is 44.4 Å². The van der Waals surface area contributed by atoms with Crippen LogP contribution in [0.2, 0.25) is 5.02 Å². The van der Waals surface area contributed by atoms with Crippen molar-refractivity contribution in [2.24, 2.45) is 5.73 Å². The number of hydrogen-bond acceptors (Lipinski definition) is 3. The number of halogens is 1. The highest BCUT2D eigenvalue weighted by Gasteiger charge is 2.25. The number of rotatable bonds is 2. The Balaban J connectivity index is 2.18. The van der Waals surface area contributed by atoms with Crippen LogP contribution in [0.3, 0.4) is 0 Å². The highest BCUT2D eigenvalue weighted by atomic mass is 35.5. The minimum absolute atomic E-state index is 0.315. The fourth-order valence-corrected chi connectivity index (χ4v) is 2.93.